The van der Waals surface area contributed by atoms with E-state index in [9.17, 15) is 10.4 Å². The van der Waals surface area contributed by atoms with Crippen molar-refractivity contribution in [2.24, 2.45) is 0 Å². The zero-order valence-electron chi connectivity index (χ0n) is 10.6. The van der Waals surface area contributed by atoms with Crippen molar-refractivity contribution in [3.8, 4) is 28.8 Å². The van der Waals surface area contributed by atoms with E-state index >= 15 is 0 Å². The first-order valence-electron chi connectivity index (χ1n) is 5.92. The highest BCUT2D eigenvalue weighted by molar-refractivity contribution is 5.60. The molecule has 0 aliphatic rings. The molecule has 1 N–H and O–H groups in total. The van der Waals surface area contributed by atoms with Gasteiger partial charge in [-0.2, -0.15) is 19.8 Å². The number of aromatic amines is 1. The van der Waals surface area contributed by atoms with E-state index in [1.165, 1.54) is 30.7 Å². The molecule has 0 fully saturated rings. The number of H-pyrrole nitrogens is 1. The summed E-state index contributed by atoms with van der Waals surface area (Å²) in [5, 5.41) is 37.9. The fourth-order valence-electron chi connectivity index (χ4n) is 1.80. The lowest BCUT2D eigenvalue weighted by molar-refractivity contribution is -0.608. The van der Waals surface area contributed by atoms with Gasteiger partial charge >= 0.3 is 0 Å². The van der Waals surface area contributed by atoms with Gasteiger partial charge in [0, 0.05) is 35.4 Å². The summed E-state index contributed by atoms with van der Waals surface area (Å²) in [6.45, 7) is 0. The molecule has 0 radical (unpaired) electrons. The van der Waals surface area contributed by atoms with Crippen LogP contribution in [0.4, 0.5) is 0 Å². The van der Waals surface area contributed by atoms with Gasteiger partial charge in [0.2, 0.25) is 0 Å². The summed E-state index contributed by atoms with van der Waals surface area (Å²) in [6.07, 6.45) is 3.94. The van der Waals surface area contributed by atoms with Crippen LogP contribution < -0.4 is 9.46 Å². The van der Waals surface area contributed by atoms with E-state index < -0.39 is 0 Å². The highest BCUT2D eigenvalue weighted by atomic mass is 16.5. The van der Waals surface area contributed by atoms with E-state index in [1.807, 2.05) is 0 Å². The van der Waals surface area contributed by atoms with Gasteiger partial charge in [-0.1, -0.05) is 0 Å². The van der Waals surface area contributed by atoms with Crippen LogP contribution in [0.25, 0.3) is 22.8 Å². The topological polar surface area (TPSA) is 119 Å². The molecule has 3 aromatic rings. The minimum absolute atomic E-state index is 0.0362. The third kappa shape index (κ3) is 2.35. The molecule has 0 amide bonds. The number of nitrogens with zero attached hydrogens (tertiary/aromatic N) is 5. The lowest BCUT2D eigenvalue weighted by Crippen LogP contribution is -2.29. The summed E-state index contributed by atoms with van der Waals surface area (Å²) in [5.41, 5.74) is 1.22. The van der Waals surface area contributed by atoms with Crippen molar-refractivity contribution in [1.29, 1.82) is 5.26 Å². The molecule has 0 atom stereocenters. The molecule has 8 heteroatoms. The number of nitriles is 1. The Kier molecular flexibility index (Phi) is 2.93. The lowest BCUT2D eigenvalue weighted by atomic mass is 10.2. The van der Waals surface area contributed by atoms with Gasteiger partial charge in [0.25, 0.3) is 5.69 Å². The second-order valence-electron chi connectivity index (χ2n) is 4.19. The molecule has 3 heterocycles. The van der Waals surface area contributed by atoms with Gasteiger partial charge in [0.1, 0.15) is 0 Å². The minimum atomic E-state index is -0.0362. The molecule has 102 valence electrons. The minimum Gasteiger partial charge on any atom is -0.619 e. The van der Waals surface area contributed by atoms with Crippen molar-refractivity contribution in [1.82, 2.24) is 15.2 Å². The fourth-order valence-corrected chi connectivity index (χ4v) is 1.80. The van der Waals surface area contributed by atoms with Crippen LogP contribution in [-0.4, -0.2) is 15.2 Å². The molecule has 3 rings (SSSR count). The zero-order chi connectivity index (χ0) is 14.8. The highest BCUT2D eigenvalue weighted by Gasteiger charge is 2.12. The summed E-state index contributed by atoms with van der Waals surface area (Å²) < 4.78 is 1.14. The second kappa shape index (κ2) is 4.90. The second-order valence-corrected chi connectivity index (χ2v) is 4.19. The van der Waals surface area contributed by atoms with Crippen molar-refractivity contribution in [3.05, 3.63) is 59.0 Å². The molecular weight excluding hydrogens is 272 g/mol. The van der Waals surface area contributed by atoms with Gasteiger partial charge in [-0.3, -0.25) is 5.10 Å². The fraction of sp³-hybridized carbons (Fsp3) is 0. The zero-order valence-corrected chi connectivity index (χ0v) is 10.6. The first-order valence-corrected chi connectivity index (χ1v) is 5.92. The van der Waals surface area contributed by atoms with Gasteiger partial charge < -0.3 is 10.4 Å². The molecule has 8 nitrogen and oxygen atoms in total. The van der Waals surface area contributed by atoms with Crippen LogP contribution in [0.1, 0.15) is 5.69 Å². The van der Waals surface area contributed by atoms with Crippen LogP contribution in [0.3, 0.4) is 0 Å². The average molecular weight is 280 g/mol. The summed E-state index contributed by atoms with van der Waals surface area (Å²) in [5.74, 6) is 0.851. The first-order chi connectivity index (χ1) is 10.2. The van der Waals surface area contributed by atoms with Crippen LogP contribution in [-0.2, 0) is 0 Å². The number of pyridine rings is 2. The van der Waals surface area contributed by atoms with Gasteiger partial charge in [0.15, 0.2) is 36.3 Å². The van der Waals surface area contributed by atoms with Gasteiger partial charge in [-0.15, -0.1) is 0 Å². The summed E-state index contributed by atoms with van der Waals surface area (Å²) in [6, 6.07) is 7.95. The van der Waals surface area contributed by atoms with E-state index in [-0.39, 0.29) is 5.69 Å². The molecule has 3 aromatic heterocycles. The number of rotatable bonds is 2. The van der Waals surface area contributed by atoms with Crippen molar-refractivity contribution < 1.29 is 9.46 Å². The van der Waals surface area contributed by atoms with E-state index in [1.54, 1.807) is 18.2 Å². The quantitative estimate of drug-likeness (QED) is 0.534. The maximum Gasteiger partial charge on any atom is 0.295 e. The molecule has 0 bridgehead atoms. The summed E-state index contributed by atoms with van der Waals surface area (Å²) >= 11 is 0. The highest BCUT2D eigenvalue weighted by Crippen LogP contribution is 2.18. The van der Waals surface area contributed by atoms with Crippen molar-refractivity contribution in [3.63, 3.8) is 0 Å². The van der Waals surface area contributed by atoms with E-state index in [2.05, 4.69) is 15.2 Å². The summed E-state index contributed by atoms with van der Waals surface area (Å²) in [7, 11) is 0. The molecule has 0 unspecified atom stereocenters. The van der Waals surface area contributed by atoms with Crippen molar-refractivity contribution in [2.75, 3.05) is 0 Å². The number of hydrogen-bond acceptors (Lipinski definition) is 5. The molecule has 0 saturated heterocycles. The number of aromatic nitrogens is 5. The number of hydrogen-bond donors (Lipinski definition) is 1. The van der Waals surface area contributed by atoms with Crippen LogP contribution in [0, 0.1) is 21.7 Å². The van der Waals surface area contributed by atoms with E-state index in [0.29, 0.717) is 32.2 Å². The standard InChI is InChI=1S/C13H8N6O2/c14-8-11-7-10(3-6-19(11)21)13-15-12(16-17-13)9-1-4-18(20)5-2-9/h1-7H,(H,15,16,17). The largest absolute Gasteiger partial charge is 0.619 e. The van der Waals surface area contributed by atoms with Crippen LogP contribution in [0.15, 0.2) is 42.9 Å². The molecule has 0 aromatic carbocycles. The lowest BCUT2D eigenvalue weighted by Gasteiger charge is -1.99. The van der Waals surface area contributed by atoms with Crippen molar-refractivity contribution in [2.45, 2.75) is 0 Å². The maximum absolute atomic E-state index is 11.3. The monoisotopic (exact) mass is 280 g/mol. The Morgan fingerprint density at radius 2 is 1.81 bits per heavy atom. The van der Waals surface area contributed by atoms with Gasteiger partial charge in [-0.05, 0) is 0 Å². The third-order valence-corrected chi connectivity index (χ3v) is 2.85. The third-order valence-electron chi connectivity index (χ3n) is 2.85. The summed E-state index contributed by atoms with van der Waals surface area (Å²) in [4.78, 5) is 4.29. The smallest absolute Gasteiger partial charge is 0.295 e. The number of nitrogens with one attached hydrogen (secondary N) is 1. The predicted molar refractivity (Wildman–Crippen MR) is 69.9 cm³/mol. The Labute approximate surface area is 118 Å². The van der Waals surface area contributed by atoms with E-state index in [0.717, 1.165) is 0 Å². The molecular formula is C13H8N6O2. The Morgan fingerprint density at radius 1 is 1.10 bits per heavy atom. The normalized spacial score (nSPS) is 10.2. The maximum atomic E-state index is 11.3. The Morgan fingerprint density at radius 3 is 2.52 bits per heavy atom. The van der Waals surface area contributed by atoms with E-state index in [4.69, 9.17) is 5.26 Å². The van der Waals surface area contributed by atoms with Crippen LogP contribution in [0.2, 0.25) is 0 Å². The molecule has 0 saturated carbocycles. The molecule has 0 spiro atoms. The molecule has 21 heavy (non-hydrogen) atoms. The Balaban J connectivity index is 1.99. The predicted octanol–water partition coefficient (Wildman–Crippen LogP) is 0.277. The first kappa shape index (κ1) is 12.6. The average Bonchev–Trinajstić information content (AvgIpc) is 2.98. The Bertz CT molecular complexity index is 835. The van der Waals surface area contributed by atoms with Crippen LogP contribution in [0.5, 0.6) is 0 Å². The van der Waals surface area contributed by atoms with Gasteiger partial charge in [0.05, 0.1) is 0 Å². The van der Waals surface area contributed by atoms with Crippen LogP contribution >= 0.6 is 0 Å². The molecule has 0 aliphatic carbocycles. The molecule has 0 aliphatic heterocycles. The Hall–Kier alpha value is -3.47. The van der Waals surface area contributed by atoms with Crippen molar-refractivity contribution >= 4 is 0 Å². The SMILES string of the molecule is N#Cc1cc(-c2n[nH]c(-c3cc[n+]([O-])cc3)n2)cc[n+]1[O-]. The van der Waals surface area contributed by atoms with Gasteiger partial charge in [-0.25, -0.2) is 4.98 Å².